The molecule has 0 spiro atoms. The lowest BCUT2D eigenvalue weighted by Gasteiger charge is -2.15. The molecule has 1 N–H and O–H groups in total. The van der Waals surface area contributed by atoms with Gasteiger partial charge in [0.25, 0.3) is 5.69 Å². The maximum Gasteiger partial charge on any atom is 0.341 e. The predicted octanol–water partition coefficient (Wildman–Crippen LogP) is 4.56. The smallest absolute Gasteiger partial charge is 0.341 e. The molecule has 1 aromatic carbocycles. The Kier molecular flexibility index (Phi) is 8.94. The van der Waals surface area contributed by atoms with E-state index in [9.17, 15) is 19.7 Å². The molecule has 2 rings (SSSR count). The SMILES string of the molecule is CCCCN(C)CCC(=O)Nc1scc(-c2cccc([N+](=O)[O-])c2)c1C(=O)OCC. The van der Waals surface area contributed by atoms with E-state index in [0.29, 0.717) is 29.1 Å². The maximum absolute atomic E-state index is 12.6. The number of nitro benzene ring substituents is 1. The zero-order valence-electron chi connectivity index (χ0n) is 17.5. The highest BCUT2D eigenvalue weighted by atomic mass is 32.1. The van der Waals surface area contributed by atoms with Gasteiger partial charge in [-0.2, -0.15) is 0 Å². The molecule has 30 heavy (non-hydrogen) atoms. The van der Waals surface area contributed by atoms with Gasteiger partial charge in [0.05, 0.1) is 11.5 Å². The van der Waals surface area contributed by atoms with Crippen molar-refractivity contribution < 1.29 is 19.2 Å². The Bertz CT molecular complexity index is 897. The van der Waals surface area contributed by atoms with Crippen LogP contribution >= 0.6 is 11.3 Å². The number of carbonyl (C=O) groups excluding carboxylic acids is 2. The molecule has 2 aromatic rings. The third kappa shape index (κ3) is 6.36. The first-order valence-electron chi connectivity index (χ1n) is 9.89. The molecule has 9 heteroatoms. The average Bonchev–Trinajstić information content (AvgIpc) is 3.14. The van der Waals surface area contributed by atoms with Crippen molar-refractivity contribution in [3.05, 3.63) is 45.3 Å². The van der Waals surface area contributed by atoms with Crippen LogP contribution in [0.1, 0.15) is 43.5 Å². The van der Waals surface area contributed by atoms with Crippen molar-refractivity contribution in [3.8, 4) is 11.1 Å². The van der Waals surface area contributed by atoms with E-state index in [2.05, 4.69) is 17.1 Å². The number of non-ortho nitro benzene ring substituents is 1. The number of nitro groups is 1. The van der Waals surface area contributed by atoms with Crippen LogP contribution in [0.3, 0.4) is 0 Å². The molecule has 0 bridgehead atoms. The normalized spacial score (nSPS) is 10.8. The minimum Gasteiger partial charge on any atom is -0.462 e. The second kappa shape index (κ2) is 11.4. The zero-order valence-corrected chi connectivity index (χ0v) is 18.3. The average molecular weight is 434 g/mol. The summed E-state index contributed by atoms with van der Waals surface area (Å²) < 4.78 is 5.17. The van der Waals surface area contributed by atoms with Gasteiger partial charge >= 0.3 is 5.97 Å². The van der Waals surface area contributed by atoms with Gasteiger partial charge in [0.2, 0.25) is 5.91 Å². The van der Waals surface area contributed by atoms with Crippen molar-refractivity contribution in [3.63, 3.8) is 0 Å². The number of ether oxygens (including phenoxy) is 1. The highest BCUT2D eigenvalue weighted by molar-refractivity contribution is 7.15. The lowest BCUT2D eigenvalue weighted by atomic mass is 10.0. The Labute approximate surface area is 180 Å². The molecule has 0 aliphatic rings. The maximum atomic E-state index is 12.6. The van der Waals surface area contributed by atoms with E-state index >= 15 is 0 Å². The quantitative estimate of drug-likeness (QED) is 0.317. The van der Waals surface area contributed by atoms with Gasteiger partial charge in [0.15, 0.2) is 0 Å². The summed E-state index contributed by atoms with van der Waals surface area (Å²) >= 11 is 1.20. The van der Waals surface area contributed by atoms with Crippen LogP contribution in [-0.4, -0.2) is 48.4 Å². The van der Waals surface area contributed by atoms with Gasteiger partial charge in [-0.05, 0) is 32.5 Å². The van der Waals surface area contributed by atoms with Crippen molar-refractivity contribution in [1.82, 2.24) is 4.90 Å². The summed E-state index contributed by atoms with van der Waals surface area (Å²) in [5, 5.41) is 16.0. The number of amides is 1. The first-order chi connectivity index (χ1) is 14.4. The van der Waals surface area contributed by atoms with E-state index in [1.54, 1.807) is 24.4 Å². The van der Waals surface area contributed by atoms with E-state index in [-0.39, 0.29) is 23.8 Å². The third-order valence-corrected chi connectivity index (χ3v) is 5.40. The summed E-state index contributed by atoms with van der Waals surface area (Å²) in [5.74, 6) is -0.771. The number of benzene rings is 1. The molecule has 0 radical (unpaired) electrons. The van der Waals surface area contributed by atoms with Gasteiger partial charge in [0.1, 0.15) is 10.6 Å². The molecule has 8 nitrogen and oxygen atoms in total. The minimum absolute atomic E-state index is 0.0748. The molecule has 162 valence electrons. The standard InChI is InChI=1S/C21H27N3O5S/c1-4-6-11-23(3)12-10-18(25)22-20-19(21(26)29-5-2)17(14-30-20)15-8-7-9-16(13-15)24(27)28/h7-9,13-14H,4-6,10-12H2,1-3H3,(H,22,25). The molecular weight excluding hydrogens is 406 g/mol. The summed E-state index contributed by atoms with van der Waals surface area (Å²) in [4.78, 5) is 37.7. The van der Waals surface area contributed by atoms with E-state index in [1.165, 1.54) is 23.5 Å². The van der Waals surface area contributed by atoms with Crippen LogP contribution in [0.5, 0.6) is 0 Å². The number of unbranched alkanes of at least 4 members (excludes halogenated alkanes) is 1. The number of nitrogens with zero attached hydrogens (tertiary/aromatic N) is 2. The Morgan fingerprint density at radius 1 is 1.27 bits per heavy atom. The van der Waals surface area contributed by atoms with Crippen molar-refractivity contribution in [2.24, 2.45) is 0 Å². The molecule has 0 unspecified atom stereocenters. The number of hydrogen-bond acceptors (Lipinski definition) is 7. The van der Waals surface area contributed by atoms with Crippen molar-refractivity contribution in [2.45, 2.75) is 33.1 Å². The minimum atomic E-state index is -0.574. The van der Waals surface area contributed by atoms with Crippen LogP contribution in [0.2, 0.25) is 0 Å². The van der Waals surface area contributed by atoms with Gasteiger partial charge in [-0.25, -0.2) is 4.79 Å². The molecule has 0 atom stereocenters. The fourth-order valence-electron chi connectivity index (χ4n) is 2.88. The Morgan fingerprint density at radius 3 is 2.70 bits per heavy atom. The summed E-state index contributed by atoms with van der Waals surface area (Å²) in [6, 6.07) is 6.03. The fraction of sp³-hybridized carbons (Fsp3) is 0.429. The highest BCUT2D eigenvalue weighted by Crippen LogP contribution is 2.37. The number of esters is 1. The molecule has 0 aliphatic carbocycles. The molecule has 1 amide bonds. The molecule has 0 aliphatic heterocycles. The summed E-state index contributed by atoms with van der Waals surface area (Å²) in [7, 11) is 1.97. The highest BCUT2D eigenvalue weighted by Gasteiger charge is 2.23. The number of carbonyl (C=O) groups is 2. The van der Waals surface area contributed by atoms with Gasteiger partial charge in [-0.3, -0.25) is 14.9 Å². The van der Waals surface area contributed by atoms with Crippen molar-refractivity contribution in [1.29, 1.82) is 0 Å². The van der Waals surface area contributed by atoms with Gasteiger partial charge in [0, 0.05) is 36.0 Å². The molecule has 1 heterocycles. The number of hydrogen-bond donors (Lipinski definition) is 1. The van der Waals surface area contributed by atoms with Crippen LogP contribution in [0.15, 0.2) is 29.6 Å². The first kappa shape index (κ1) is 23.5. The summed E-state index contributed by atoms with van der Waals surface area (Å²) in [6.45, 7) is 5.53. The number of anilines is 1. The third-order valence-electron chi connectivity index (χ3n) is 4.51. The number of thiophene rings is 1. The molecular formula is C21H27N3O5S. The van der Waals surface area contributed by atoms with Crippen LogP contribution in [-0.2, 0) is 9.53 Å². The van der Waals surface area contributed by atoms with Gasteiger partial charge in [-0.1, -0.05) is 25.5 Å². The predicted molar refractivity (Wildman–Crippen MR) is 118 cm³/mol. The Balaban J connectivity index is 2.24. The molecule has 0 saturated carbocycles. The van der Waals surface area contributed by atoms with E-state index in [1.807, 2.05) is 7.05 Å². The monoisotopic (exact) mass is 433 g/mol. The largest absolute Gasteiger partial charge is 0.462 e. The van der Waals surface area contributed by atoms with E-state index < -0.39 is 10.9 Å². The van der Waals surface area contributed by atoms with Gasteiger partial charge in [-0.15, -0.1) is 11.3 Å². The van der Waals surface area contributed by atoms with Crippen LogP contribution in [0.25, 0.3) is 11.1 Å². The fourth-order valence-corrected chi connectivity index (χ4v) is 3.85. The van der Waals surface area contributed by atoms with Crippen molar-refractivity contribution in [2.75, 3.05) is 32.1 Å². The number of nitrogens with one attached hydrogen (secondary N) is 1. The lowest BCUT2D eigenvalue weighted by Crippen LogP contribution is -2.25. The van der Waals surface area contributed by atoms with Crippen LogP contribution in [0.4, 0.5) is 10.7 Å². The Hall–Kier alpha value is -2.78. The molecule has 0 fully saturated rings. The second-order valence-corrected chi connectivity index (χ2v) is 7.72. The summed E-state index contributed by atoms with van der Waals surface area (Å²) in [6.07, 6.45) is 2.46. The number of rotatable bonds is 11. The van der Waals surface area contributed by atoms with Gasteiger partial charge < -0.3 is 15.0 Å². The van der Waals surface area contributed by atoms with E-state index in [4.69, 9.17) is 4.74 Å². The lowest BCUT2D eigenvalue weighted by molar-refractivity contribution is -0.384. The Morgan fingerprint density at radius 2 is 2.03 bits per heavy atom. The molecule has 0 saturated heterocycles. The summed E-state index contributed by atoms with van der Waals surface area (Å²) in [5.41, 5.74) is 1.16. The first-order valence-corrected chi connectivity index (χ1v) is 10.8. The second-order valence-electron chi connectivity index (χ2n) is 6.84. The molecule has 1 aromatic heterocycles. The topological polar surface area (TPSA) is 102 Å². The van der Waals surface area contributed by atoms with Crippen LogP contribution < -0.4 is 5.32 Å². The van der Waals surface area contributed by atoms with Crippen molar-refractivity contribution >= 4 is 33.9 Å². The van der Waals surface area contributed by atoms with Crippen LogP contribution in [0, 0.1) is 10.1 Å². The zero-order chi connectivity index (χ0) is 22.1. The van der Waals surface area contributed by atoms with E-state index in [0.717, 1.165) is 19.4 Å².